The molecule has 31 heavy (non-hydrogen) atoms. The summed E-state index contributed by atoms with van der Waals surface area (Å²) in [7, 11) is -3.21. The van der Waals surface area contributed by atoms with Crippen molar-refractivity contribution in [1.29, 1.82) is 0 Å². The van der Waals surface area contributed by atoms with E-state index in [9.17, 15) is 18.0 Å². The van der Waals surface area contributed by atoms with E-state index in [0.29, 0.717) is 31.9 Å². The Morgan fingerprint density at radius 1 is 1.32 bits per heavy atom. The first kappa shape index (κ1) is 21.7. The van der Waals surface area contributed by atoms with Gasteiger partial charge in [0.15, 0.2) is 20.6 Å². The predicted octanol–water partition coefficient (Wildman–Crippen LogP) is 3.60. The quantitative estimate of drug-likeness (QED) is 0.536. The number of nitrogens with one attached hydrogen (secondary N) is 1. The van der Waals surface area contributed by atoms with E-state index >= 15 is 0 Å². The molecule has 0 fully saturated rings. The summed E-state index contributed by atoms with van der Waals surface area (Å²) in [5.74, 6) is 0.362. The van der Waals surface area contributed by atoms with Crippen LogP contribution in [0.15, 0.2) is 21.9 Å². The van der Waals surface area contributed by atoms with Crippen molar-refractivity contribution in [2.24, 2.45) is 0 Å². The Morgan fingerprint density at radius 2 is 2.13 bits per heavy atom. The van der Waals surface area contributed by atoms with Gasteiger partial charge >= 0.3 is 5.97 Å². The summed E-state index contributed by atoms with van der Waals surface area (Å²) < 4.78 is 34.7. The normalized spacial score (nSPS) is 14.8. The lowest BCUT2D eigenvalue weighted by atomic mass is 10.1. The molecule has 0 radical (unpaired) electrons. The van der Waals surface area contributed by atoms with E-state index in [0.717, 1.165) is 17.1 Å². The number of aryl methyl sites for hydroxylation is 1. The molecule has 164 valence electrons. The van der Waals surface area contributed by atoms with E-state index in [-0.39, 0.29) is 42.4 Å². The third-order valence-electron chi connectivity index (χ3n) is 4.68. The molecule has 0 saturated carbocycles. The van der Waals surface area contributed by atoms with Crippen LogP contribution in [-0.2, 0) is 38.0 Å². The Labute approximate surface area is 187 Å². The summed E-state index contributed by atoms with van der Waals surface area (Å²) in [4.78, 5) is 30.2. The van der Waals surface area contributed by atoms with Gasteiger partial charge in [-0.25, -0.2) is 18.2 Å². The van der Waals surface area contributed by atoms with Crippen LogP contribution in [0.25, 0.3) is 10.8 Å². The number of anilines is 1. The van der Waals surface area contributed by atoms with Gasteiger partial charge in [-0.2, -0.15) is 0 Å². The van der Waals surface area contributed by atoms with Crippen LogP contribution in [-0.4, -0.2) is 37.6 Å². The van der Waals surface area contributed by atoms with Crippen molar-refractivity contribution < 1.29 is 27.2 Å². The monoisotopic (exact) mass is 480 g/mol. The lowest BCUT2D eigenvalue weighted by molar-refractivity contribution is -0.115. The second-order valence-corrected chi connectivity index (χ2v) is 11.2. The van der Waals surface area contributed by atoms with Crippen LogP contribution in [0.4, 0.5) is 5.00 Å². The van der Waals surface area contributed by atoms with Gasteiger partial charge in [0.05, 0.1) is 35.8 Å². The van der Waals surface area contributed by atoms with Gasteiger partial charge in [0.25, 0.3) is 0 Å². The molecule has 1 aliphatic rings. The van der Waals surface area contributed by atoms with E-state index in [2.05, 4.69) is 10.3 Å². The fourth-order valence-corrected chi connectivity index (χ4v) is 7.15. The van der Waals surface area contributed by atoms with Gasteiger partial charge in [0.1, 0.15) is 10.8 Å². The van der Waals surface area contributed by atoms with Gasteiger partial charge in [-0.15, -0.1) is 22.7 Å². The van der Waals surface area contributed by atoms with Crippen molar-refractivity contribution in [3.63, 3.8) is 0 Å². The van der Waals surface area contributed by atoms with Crippen LogP contribution in [0.3, 0.4) is 0 Å². The number of aromatic nitrogens is 1. The van der Waals surface area contributed by atoms with Crippen LogP contribution >= 0.6 is 22.7 Å². The molecule has 0 atom stereocenters. The smallest absolute Gasteiger partial charge is 0.341 e. The fraction of sp³-hybridized carbons (Fsp3) is 0.350. The van der Waals surface area contributed by atoms with Crippen LogP contribution < -0.4 is 5.32 Å². The Hall–Kier alpha value is -2.50. The molecule has 1 amide bonds. The zero-order valence-corrected chi connectivity index (χ0v) is 19.3. The number of carbonyl (C=O) groups is 2. The van der Waals surface area contributed by atoms with E-state index in [1.54, 1.807) is 12.3 Å². The highest BCUT2D eigenvalue weighted by Crippen LogP contribution is 2.38. The topological polar surface area (TPSA) is 116 Å². The number of thiazole rings is 1. The van der Waals surface area contributed by atoms with E-state index in [1.807, 2.05) is 19.1 Å². The van der Waals surface area contributed by atoms with Crippen LogP contribution in [0.5, 0.6) is 0 Å². The minimum atomic E-state index is -3.21. The largest absolute Gasteiger partial charge is 0.462 e. The van der Waals surface area contributed by atoms with E-state index < -0.39 is 15.8 Å². The first-order valence-electron chi connectivity index (χ1n) is 9.59. The van der Waals surface area contributed by atoms with Crippen molar-refractivity contribution in [3.05, 3.63) is 45.0 Å². The van der Waals surface area contributed by atoms with Gasteiger partial charge in [-0.3, -0.25) is 4.79 Å². The van der Waals surface area contributed by atoms with Crippen molar-refractivity contribution in [2.75, 3.05) is 17.7 Å². The maximum absolute atomic E-state index is 12.7. The number of carbonyl (C=O) groups excluding carboxylic acids is 2. The number of amides is 1. The second-order valence-electron chi connectivity index (χ2n) is 7.05. The fourth-order valence-electron chi connectivity index (χ4n) is 3.32. The number of sulfone groups is 1. The van der Waals surface area contributed by atoms with Crippen molar-refractivity contribution in [3.8, 4) is 10.8 Å². The first-order valence-corrected chi connectivity index (χ1v) is 13.1. The lowest BCUT2D eigenvalue weighted by Gasteiger charge is -2.13. The molecule has 4 heterocycles. The number of thiophene rings is 1. The van der Waals surface area contributed by atoms with Gasteiger partial charge < -0.3 is 14.5 Å². The molecule has 0 unspecified atom stereocenters. The van der Waals surface area contributed by atoms with E-state index in [1.165, 1.54) is 11.3 Å². The molecule has 3 aromatic heterocycles. The molecule has 0 saturated heterocycles. The number of fused-ring (bicyclic) bond motifs is 1. The van der Waals surface area contributed by atoms with Crippen molar-refractivity contribution >= 4 is 49.4 Å². The summed E-state index contributed by atoms with van der Waals surface area (Å²) in [5, 5.41) is 5.55. The predicted molar refractivity (Wildman–Crippen MR) is 118 cm³/mol. The first-order chi connectivity index (χ1) is 14.8. The number of hydrogen-bond donors (Lipinski definition) is 1. The molecule has 8 nitrogen and oxygen atoms in total. The molecule has 0 spiro atoms. The number of nitrogens with zero attached hydrogens (tertiary/aromatic N) is 1. The van der Waals surface area contributed by atoms with Crippen LogP contribution in [0, 0.1) is 6.92 Å². The Morgan fingerprint density at radius 3 is 2.84 bits per heavy atom. The highest BCUT2D eigenvalue weighted by atomic mass is 32.2. The minimum absolute atomic E-state index is 0.0132. The SMILES string of the molecule is CCOC(=O)c1c(NC(=O)Cc2csc(-c3ccc(C)o3)n2)sc2c1CCS(=O)(=O)C2. The Bertz CT molecular complexity index is 1250. The number of hydrogen-bond acceptors (Lipinski definition) is 9. The highest BCUT2D eigenvalue weighted by molar-refractivity contribution is 7.90. The lowest BCUT2D eigenvalue weighted by Crippen LogP contribution is -2.20. The van der Waals surface area contributed by atoms with Gasteiger partial charge in [-0.05, 0) is 38.0 Å². The second kappa shape index (κ2) is 8.56. The number of ether oxygens (including phenoxy) is 1. The zero-order chi connectivity index (χ0) is 22.2. The van der Waals surface area contributed by atoms with Gasteiger partial charge in [-0.1, -0.05) is 0 Å². The molecular weight excluding hydrogens is 460 g/mol. The Balaban J connectivity index is 1.54. The molecule has 11 heteroatoms. The summed E-state index contributed by atoms with van der Waals surface area (Å²) in [6.45, 7) is 3.72. The molecule has 0 aliphatic carbocycles. The molecule has 0 bridgehead atoms. The molecule has 3 aromatic rings. The summed E-state index contributed by atoms with van der Waals surface area (Å²) in [6, 6.07) is 3.67. The molecule has 4 rings (SSSR count). The van der Waals surface area contributed by atoms with Gasteiger partial charge in [0.2, 0.25) is 5.91 Å². The van der Waals surface area contributed by atoms with Crippen LogP contribution in [0.2, 0.25) is 0 Å². The minimum Gasteiger partial charge on any atom is -0.462 e. The van der Waals surface area contributed by atoms with Gasteiger partial charge in [0, 0.05) is 10.3 Å². The maximum Gasteiger partial charge on any atom is 0.341 e. The van der Waals surface area contributed by atoms with Crippen molar-refractivity contribution in [2.45, 2.75) is 32.4 Å². The summed E-state index contributed by atoms with van der Waals surface area (Å²) in [5.41, 5.74) is 1.49. The standard InChI is InChI=1S/C20H20N2O6S3/c1-3-27-20(24)17-13-6-7-31(25,26)10-15(13)30-19(17)22-16(23)8-12-9-29-18(21-12)14-5-4-11(2)28-14/h4-5,9H,3,6-8,10H2,1-2H3,(H,22,23). The highest BCUT2D eigenvalue weighted by Gasteiger charge is 2.32. The third kappa shape index (κ3) is 4.73. The maximum atomic E-state index is 12.7. The summed E-state index contributed by atoms with van der Waals surface area (Å²) in [6.07, 6.45) is 0.246. The molecule has 1 N–H and O–H groups in total. The molecule has 1 aliphatic heterocycles. The third-order valence-corrected chi connectivity index (χ3v) is 8.47. The number of esters is 1. The average molecular weight is 481 g/mol. The summed E-state index contributed by atoms with van der Waals surface area (Å²) >= 11 is 2.50. The Kier molecular flexibility index (Phi) is 6.00. The molecular formula is C20H20N2O6S3. The molecule has 0 aromatic carbocycles. The van der Waals surface area contributed by atoms with E-state index in [4.69, 9.17) is 9.15 Å². The van der Waals surface area contributed by atoms with Crippen LogP contribution in [0.1, 0.15) is 39.2 Å². The van der Waals surface area contributed by atoms with Crippen molar-refractivity contribution in [1.82, 2.24) is 4.98 Å². The average Bonchev–Trinajstić information content (AvgIpc) is 3.39. The number of furan rings is 1. The zero-order valence-electron chi connectivity index (χ0n) is 16.9. The number of rotatable bonds is 6.